The number of nitrogens with zero attached hydrogens (tertiary/aromatic N) is 2. The smallest absolute Gasteiger partial charge is 0.408 e. The maximum atomic E-state index is 14.6. The summed E-state index contributed by atoms with van der Waals surface area (Å²) in [4.78, 5) is 76.0. The average Bonchev–Trinajstić information content (AvgIpc) is 3.42. The summed E-state index contributed by atoms with van der Waals surface area (Å²) in [6.07, 6.45) is 6.31. The summed E-state index contributed by atoms with van der Waals surface area (Å²) in [5.74, 6) is -1.26. The SMILES string of the molecule is CCC[C@H](CC(=O)[C@@H]1C[C@]2(CC(c3cc(C)c(OCC)c(C)c3)=NO2)CN1C(=O)[C@@H](NC(=O)OC1CCCC1)C(C)(C)C)C(=O)C(=O)CC1CC1. The second-order valence-corrected chi connectivity index (χ2v) is 16.4. The van der Waals surface area contributed by atoms with Crippen molar-refractivity contribution in [3.05, 3.63) is 28.8 Å². The van der Waals surface area contributed by atoms with Gasteiger partial charge in [0.05, 0.1) is 24.9 Å². The number of ether oxygens (including phenoxy) is 2. The molecule has 11 nitrogen and oxygen atoms in total. The highest BCUT2D eigenvalue weighted by molar-refractivity contribution is 6.38. The van der Waals surface area contributed by atoms with E-state index in [2.05, 4.69) is 10.5 Å². The maximum Gasteiger partial charge on any atom is 0.408 e. The first-order chi connectivity index (χ1) is 24.1. The fourth-order valence-corrected chi connectivity index (χ4v) is 7.92. The molecule has 2 saturated carbocycles. The number of aryl methyl sites for hydroxylation is 2. The van der Waals surface area contributed by atoms with Gasteiger partial charge in [-0.3, -0.25) is 19.2 Å². The molecule has 280 valence electrons. The number of alkyl carbamates (subject to hydrolysis) is 1. The van der Waals surface area contributed by atoms with E-state index in [-0.39, 0.29) is 43.6 Å². The molecule has 2 amide bonds. The highest BCUT2D eigenvalue weighted by atomic mass is 16.7. The third-order valence-corrected chi connectivity index (χ3v) is 10.8. The molecular weight excluding hydrogens is 650 g/mol. The molecule has 0 unspecified atom stereocenters. The van der Waals surface area contributed by atoms with E-state index in [4.69, 9.17) is 14.3 Å². The van der Waals surface area contributed by atoms with E-state index >= 15 is 0 Å². The zero-order valence-corrected chi connectivity index (χ0v) is 31.6. The summed E-state index contributed by atoms with van der Waals surface area (Å²) in [7, 11) is 0. The summed E-state index contributed by atoms with van der Waals surface area (Å²) in [6.45, 7) is 14.0. The van der Waals surface area contributed by atoms with Crippen LogP contribution in [0.25, 0.3) is 0 Å². The molecule has 4 atom stereocenters. The van der Waals surface area contributed by atoms with E-state index in [9.17, 15) is 24.0 Å². The molecule has 2 heterocycles. The van der Waals surface area contributed by atoms with Crippen molar-refractivity contribution in [1.82, 2.24) is 10.2 Å². The molecule has 1 spiro atoms. The second kappa shape index (κ2) is 15.9. The van der Waals surface area contributed by atoms with E-state index in [1.165, 1.54) is 4.90 Å². The Morgan fingerprint density at radius 3 is 2.29 bits per heavy atom. The largest absolute Gasteiger partial charge is 0.493 e. The Bertz CT molecular complexity index is 1510. The van der Waals surface area contributed by atoms with Crippen molar-refractivity contribution in [1.29, 1.82) is 0 Å². The summed E-state index contributed by atoms with van der Waals surface area (Å²) >= 11 is 0. The molecule has 1 aromatic rings. The number of Topliss-reactive ketones (excluding diaryl/α,β-unsaturated/α-hetero) is 3. The van der Waals surface area contributed by atoms with E-state index < -0.39 is 52.6 Å². The van der Waals surface area contributed by atoms with Crippen LogP contribution in [0.1, 0.15) is 128 Å². The van der Waals surface area contributed by atoms with Crippen molar-refractivity contribution in [2.75, 3.05) is 13.2 Å². The van der Waals surface area contributed by atoms with Crippen molar-refractivity contribution in [3.8, 4) is 5.75 Å². The molecule has 3 fully saturated rings. The molecule has 1 N–H and O–H groups in total. The van der Waals surface area contributed by atoms with Crippen LogP contribution in [0.4, 0.5) is 4.79 Å². The summed E-state index contributed by atoms with van der Waals surface area (Å²) < 4.78 is 11.5. The maximum absolute atomic E-state index is 14.6. The summed E-state index contributed by atoms with van der Waals surface area (Å²) in [5.41, 5.74) is 1.83. The zero-order chi connectivity index (χ0) is 37.1. The van der Waals surface area contributed by atoms with Gasteiger partial charge in [0.15, 0.2) is 17.2 Å². The standard InChI is InChI=1S/C40H57N3O8/c1-8-12-27(34(46)33(45)19-26-15-16-26)20-32(44)31-22-40(21-30(42-51-40)28-17-24(3)35(49-9-2)25(4)18-28)23-43(31)37(47)36(39(5,6)7)41-38(48)50-29-13-10-11-14-29/h17-18,26-27,29,31,36H,8-16,19-23H2,1-7H3,(H,41,48)/t27-,31+,36-,40-/m1/s1. The number of hydrogen-bond acceptors (Lipinski definition) is 9. The Morgan fingerprint density at radius 2 is 1.71 bits per heavy atom. The van der Waals surface area contributed by atoms with Crippen LogP contribution in [0.5, 0.6) is 5.75 Å². The quantitative estimate of drug-likeness (QED) is 0.202. The lowest BCUT2D eigenvalue weighted by Gasteiger charge is -2.35. The molecule has 11 heteroatoms. The number of hydrogen-bond donors (Lipinski definition) is 1. The molecule has 0 aromatic heterocycles. The molecule has 0 radical (unpaired) electrons. The molecule has 1 aromatic carbocycles. The number of likely N-dealkylation sites (tertiary alicyclic amines) is 1. The van der Waals surface area contributed by atoms with Crippen LogP contribution in [-0.2, 0) is 28.8 Å². The van der Waals surface area contributed by atoms with Crippen LogP contribution in [0.2, 0.25) is 0 Å². The number of nitrogens with one attached hydrogen (secondary N) is 1. The lowest BCUT2D eigenvalue weighted by molar-refractivity contribution is -0.143. The van der Waals surface area contributed by atoms with Crippen molar-refractivity contribution >= 4 is 35.1 Å². The van der Waals surface area contributed by atoms with Gasteiger partial charge in [-0.25, -0.2) is 4.79 Å². The fourth-order valence-electron chi connectivity index (χ4n) is 7.92. The van der Waals surface area contributed by atoms with Gasteiger partial charge in [-0.2, -0.15) is 0 Å². The molecule has 0 bridgehead atoms. The Morgan fingerprint density at radius 1 is 1.04 bits per heavy atom. The highest BCUT2D eigenvalue weighted by Gasteiger charge is 2.55. The lowest BCUT2D eigenvalue weighted by atomic mass is 9.84. The number of rotatable bonds is 15. The van der Waals surface area contributed by atoms with Gasteiger partial charge in [-0.1, -0.05) is 39.3 Å². The first-order valence-corrected chi connectivity index (χ1v) is 19.0. The minimum atomic E-state index is -0.997. The molecule has 5 rings (SSSR count). The number of benzene rings is 1. The zero-order valence-electron chi connectivity index (χ0n) is 31.6. The van der Waals surface area contributed by atoms with Crippen molar-refractivity contribution < 1.29 is 38.3 Å². The van der Waals surface area contributed by atoms with Gasteiger partial charge in [-0.05, 0) is 100 Å². The molecule has 2 aliphatic heterocycles. The van der Waals surface area contributed by atoms with Gasteiger partial charge < -0.3 is 24.5 Å². The third-order valence-electron chi connectivity index (χ3n) is 10.8. The summed E-state index contributed by atoms with van der Waals surface area (Å²) in [5, 5.41) is 7.34. The second-order valence-electron chi connectivity index (χ2n) is 16.4. The number of carbonyl (C=O) groups excluding carboxylic acids is 5. The number of carbonyl (C=O) groups is 5. The van der Waals surface area contributed by atoms with E-state index in [0.717, 1.165) is 61.0 Å². The van der Waals surface area contributed by atoms with E-state index in [1.807, 2.05) is 60.6 Å². The van der Waals surface area contributed by atoms with Crippen LogP contribution in [0, 0.1) is 31.1 Å². The van der Waals surface area contributed by atoms with Crippen LogP contribution < -0.4 is 10.1 Å². The summed E-state index contributed by atoms with van der Waals surface area (Å²) in [6, 6.07) is 2.09. The first kappa shape index (κ1) is 38.5. The van der Waals surface area contributed by atoms with Gasteiger partial charge in [0, 0.05) is 37.2 Å². The Labute approximate surface area is 302 Å². The predicted octanol–water partition coefficient (Wildman–Crippen LogP) is 6.56. The van der Waals surface area contributed by atoms with Gasteiger partial charge in [0.25, 0.3) is 0 Å². The third kappa shape index (κ3) is 9.19. The molecule has 4 aliphatic rings. The van der Waals surface area contributed by atoms with Crippen LogP contribution >= 0.6 is 0 Å². The van der Waals surface area contributed by atoms with Crippen LogP contribution in [-0.4, -0.2) is 76.9 Å². The molecule has 1 saturated heterocycles. The average molecular weight is 708 g/mol. The van der Waals surface area contributed by atoms with E-state index in [0.29, 0.717) is 31.6 Å². The topological polar surface area (TPSA) is 141 Å². The monoisotopic (exact) mass is 707 g/mol. The Kier molecular flexibility index (Phi) is 12.0. The Balaban J connectivity index is 1.40. The van der Waals surface area contributed by atoms with Gasteiger partial charge in [-0.15, -0.1) is 0 Å². The number of amides is 2. The predicted molar refractivity (Wildman–Crippen MR) is 193 cm³/mol. The lowest BCUT2D eigenvalue weighted by Crippen LogP contribution is -2.57. The minimum Gasteiger partial charge on any atom is -0.493 e. The van der Waals surface area contributed by atoms with Gasteiger partial charge >= 0.3 is 6.09 Å². The van der Waals surface area contributed by atoms with Crippen molar-refractivity contribution in [3.63, 3.8) is 0 Å². The minimum absolute atomic E-state index is 0.0726. The Hall–Kier alpha value is -3.76. The fraction of sp³-hybridized carbons (Fsp3) is 0.700. The molecule has 51 heavy (non-hydrogen) atoms. The highest BCUT2D eigenvalue weighted by Crippen LogP contribution is 2.42. The number of ketones is 3. The van der Waals surface area contributed by atoms with Gasteiger partial charge in [0.2, 0.25) is 11.7 Å². The normalized spacial score (nSPS) is 23.1. The van der Waals surface area contributed by atoms with E-state index in [1.54, 1.807) is 0 Å². The molecular formula is C40H57N3O8. The van der Waals surface area contributed by atoms with Crippen LogP contribution in [0.15, 0.2) is 17.3 Å². The van der Waals surface area contributed by atoms with Crippen molar-refractivity contribution in [2.24, 2.45) is 22.4 Å². The van der Waals surface area contributed by atoms with Crippen LogP contribution in [0.3, 0.4) is 0 Å². The first-order valence-electron chi connectivity index (χ1n) is 19.0. The van der Waals surface area contributed by atoms with Crippen molar-refractivity contribution in [2.45, 2.75) is 149 Å². The molecule has 2 aliphatic carbocycles. The van der Waals surface area contributed by atoms with Gasteiger partial charge in [0.1, 0.15) is 17.9 Å². The number of oxime groups is 1.